The van der Waals surface area contributed by atoms with Crippen molar-refractivity contribution in [2.45, 2.75) is 25.2 Å². The molecule has 1 aromatic heterocycles. The van der Waals surface area contributed by atoms with Gasteiger partial charge in [0.05, 0.1) is 11.8 Å². The number of H-pyrrole nitrogens is 1. The van der Waals surface area contributed by atoms with Gasteiger partial charge in [-0.3, -0.25) is 9.78 Å². The Morgan fingerprint density at radius 3 is 2.45 bits per heavy atom. The molecule has 1 unspecified atom stereocenters. The predicted molar refractivity (Wildman–Crippen MR) is 115 cm³/mol. The summed E-state index contributed by atoms with van der Waals surface area (Å²) in [5.74, 6) is -1.58. The first-order chi connectivity index (χ1) is 14.7. The van der Waals surface area contributed by atoms with Gasteiger partial charge in [-0.2, -0.15) is 15.0 Å². The number of rotatable bonds is 6. The summed E-state index contributed by atoms with van der Waals surface area (Å²) in [6.45, 7) is 1.95. The number of hydrogen-bond donors (Lipinski definition) is 2. The fourth-order valence-corrected chi connectivity index (χ4v) is 3.88. The van der Waals surface area contributed by atoms with Crippen LogP contribution in [0.2, 0.25) is 10.0 Å². The number of carbonyl (C=O) groups is 1. The summed E-state index contributed by atoms with van der Waals surface area (Å²) in [6, 6.07) is 13.8. The minimum absolute atomic E-state index is 0.136. The van der Waals surface area contributed by atoms with Gasteiger partial charge in [0, 0.05) is 10.0 Å². The number of carboxylic acids is 1. The SMILES string of the molecule is CCCC(C#N)(c1ccc(Cl)cc1)c1ccc(-n2nc(C(=O)O)c(=O)[nH]c2=O)cc1Cl. The molecule has 0 fully saturated rings. The maximum absolute atomic E-state index is 12.2. The molecule has 1 atom stereocenters. The highest BCUT2D eigenvalue weighted by Gasteiger charge is 2.35. The van der Waals surface area contributed by atoms with E-state index in [9.17, 15) is 19.6 Å². The molecule has 0 aliphatic rings. The lowest BCUT2D eigenvalue weighted by atomic mass is 9.72. The molecule has 3 aromatic rings. The van der Waals surface area contributed by atoms with Crippen LogP contribution >= 0.6 is 23.2 Å². The summed E-state index contributed by atoms with van der Waals surface area (Å²) in [5, 5.41) is 23.6. The first-order valence-electron chi connectivity index (χ1n) is 9.18. The van der Waals surface area contributed by atoms with Crippen molar-refractivity contribution in [3.05, 3.63) is 90.2 Å². The first-order valence-corrected chi connectivity index (χ1v) is 9.93. The van der Waals surface area contributed by atoms with Gasteiger partial charge in [0.2, 0.25) is 5.69 Å². The molecule has 0 radical (unpaired) electrons. The zero-order chi connectivity index (χ0) is 22.8. The largest absolute Gasteiger partial charge is 0.476 e. The molecule has 2 N–H and O–H groups in total. The third kappa shape index (κ3) is 4.10. The van der Waals surface area contributed by atoms with Crippen LogP contribution in [0.5, 0.6) is 0 Å². The first kappa shape index (κ1) is 22.3. The molecule has 2 aromatic carbocycles. The summed E-state index contributed by atoms with van der Waals surface area (Å²) in [4.78, 5) is 36.9. The average molecular weight is 459 g/mol. The molecule has 10 heteroatoms. The third-order valence-corrected chi connectivity index (χ3v) is 5.41. The van der Waals surface area contributed by atoms with Crippen molar-refractivity contribution in [3.63, 3.8) is 0 Å². The summed E-state index contributed by atoms with van der Waals surface area (Å²) in [6.07, 6.45) is 1.17. The van der Waals surface area contributed by atoms with Crippen molar-refractivity contribution in [3.8, 4) is 11.8 Å². The van der Waals surface area contributed by atoms with E-state index in [2.05, 4.69) is 11.2 Å². The quantitative estimate of drug-likeness (QED) is 0.580. The number of nitriles is 1. The molecule has 1 heterocycles. The Kier molecular flexibility index (Phi) is 6.29. The van der Waals surface area contributed by atoms with Crippen molar-refractivity contribution < 1.29 is 9.90 Å². The molecule has 0 bridgehead atoms. The number of hydrogen-bond acceptors (Lipinski definition) is 5. The monoisotopic (exact) mass is 458 g/mol. The lowest BCUT2D eigenvalue weighted by Gasteiger charge is -2.29. The van der Waals surface area contributed by atoms with Crippen molar-refractivity contribution in [1.29, 1.82) is 5.26 Å². The van der Waals surface area contributed by atoms with Gasteiger partial charge >= 0.3 is 11.7 Å². The van der Waals surface area contributed by atoms with E-state index in [0.29, 0.717) is 29.0 Å². The van der Waals surface area contributed by atoms with Crippen molar-refractivity contribution in [2.24, 2.45) is 0 Å². The van der Waals surface area contributed by atoms with Crippen LogP contribution in [-0.2, 0) is 5.41 Å². The zero-order valence-corrected chi connectivity index (χ0v) is 17.7. The summed E-state index contributed by atoms with van der Waals surface area (Å²) < 4.78 is 0.733. The normalized spacial score (nSPS) is 12.7. The van der Waals surface area contributed by atoms with Crippen LogP contribution in [-0.4, -0.2) is 25.8 Å². The van der Waals surface area contributed by atoms with Gasteiger partial charge < -0.3 is 5.11 Å². The molecule has 158 valence electrons. The van der Waals surface area contributed by atoms with Gasteiger partial charge in [0.15, 0.2) is 0 Å². The van der Waals surface area contributed by atoms with E-state index < -0.39 is 28.3 Å². The maximum Gasteiger partial charge on any atom is 0.362 e. The van der Waals surface area contributed by atoms with Crippen molar-refractivity contribution in [1.82, 2.24) is 14.8 Å². The molecule has 0 saturated carbocycles. The highest BCUT2D eigenvalue weighted by Crippen LogP contribution is 2.40. The average Bonchev–Trinajstić information content (AvgIpc) is 2.73. The summed E-state index contributed by atoms with van der Waals surface area (Å²) in [7, 11) is 0. The fraction of sp³-hybridized carbons (Fsp3) is 0.190. The molecule has 0 aliphatic carbocycles. The second-order valence-electron chi connectivity index (χ2n) is 6.76. The van der Waals surface area contributed by atoms with Gasteiger partial charge in [-0.1, -0.05) is 54.7 Å². The number of nitrogens with zero attached hydrogens (tertiary/aromatic N) is 3. The van der Waals surface area contributed by atoms with Crippen molar-refractivity contribution in [2.75, 3.05) is 0 Å². The number of carboxylic acid groups (broad SMARTS) is 1. The van der Waals surface area contributed by atoms with Gasteiger partial charge in [0.25, 0.3) is 5.56 Å². The highest BCUT2D eigenvalue weighted by molar-refractivity contribution is 6.32. The maximum atomic E-state index is 12.2. The van der Waals surface area contributed by atoms with Gasteiger partial charge in [-0.05, 0) is 41.8 Å². The van der Waals surface area contributed by atoms with Crippen molar-refractivity contribution >= 4 is 29.2 Å². The van der Waals surface area contributed by atoms with E-state index in [-0.39, 0.29) is 10.7 Å². The molecule has 0 aliphatic heterocycles. The fourth-order valence-electron chi connectivity index (χ4n) is 3.42. The Labute approximate surface area is 186 Å². The molecule has 0 saturated heterocycles. The Bertz CT molecular complexity index is 1310. The molecular weight excluding hydrogens is 443 g/mol. The van der Waals surface area contributed by atoms with Crippen LogP contribution < -0.4 is 11.2 Å². The number of aromatic nitrogens is 3. The van der Waals surface area contributed by atoms with Crippen LogP contribution in [0.25, 0.3) is 5.69 Å². The Morgan fingerprint density at radius 1 is 1.23 bits per heavy atom. The molecule has 3 rings (SSSR count). The van der Waals surface area contributed by atoms with Crippen LogP contribution in [0, 0.1) is 11.3 Å². The highest BCUT2D eigenvalue weighted by atomic mass is 35.5. The third-order valence-electron chi connectivity index (χ3n) is 4.84. The van der Waals surface area contributed by atoms with Crippen LogP contribution in [0.3, 0.4) is 0 Å². The van der Waals surface area contributed by atoms with E-state index in [0.717, 1.165) is 4.68 Å². The zero-order valence-electron chi connectivity index (χ0n) is 16.2. The summed E-state index contributed by atoms with van der Waals surface area (Å²) >= 11 is 12.5. The predicted octanol–water partition coefficient (Wildman–Crippen LogP) is 3.54. The Hall–Kier alpha value is -3.41. The topological polar surface area (TPSA) is 129 Å². The van der Waals surface area contributed by atoms with Crippen LogP contribution in [0.1, 0.15) is 41.4 Å². The van der Waals surface area contributed by atoms with Gasteiger partial charge in [0.1, 0.15) is 5.41 Å². The number of aromatic amines is 1. The molecule has 31 heavy (non-hydrogen) atoms. The van der Waals surface area contributed by atoms with Gasteiger partial charge in [-0.15, -0.1) is 0 Å². The van der Waals surface area contributed by atoms with E-state index in [1.165, 1.54) is 12.1 Å². The van der Waals surface area contributed by atoms with E-state index in [4.69, 9.17) is 28.3 Å². The Balaban J connectivity index is 2.19. The summed E-state index contributed by atoms with van der Waals surface area (Å²) in [5.41, 5.74) is -2.56. The van der Waals surface area contributed by atoms with Crippen LogP contribution in [0.4, 0.5) is 0 Å². The molecule has 0 amide bonds. The minimum atomic E-state index is -1.58. The lowest BCUT2D eigenvalue weighted by molar-refractivity contribution is 0.0685. The molecule has 0 spiro atoms. The Morgan fingerprint density at radius 2 is 1.90 bits per heavy atom. The minimum Gasteiger partial charge on any atom is -0.476 e. The molecule has 8 nitrogen and oxygen atoms in total. The van der Waals surface area contributed by atoms with Gasteiger partial charge in [-0.25, -0.2) is 9.59 Å². The lowest BCUT2D eigenvalue weighted by Crippen LogP contribution is -2.35. The smallest absolute Gasteiger partial charge is 0.362 e. The standard InChI is InChI=1S/C21H16Cl2N4O4/c1-2-9-21(11-24,12-3-5-13(22)6-4-12)15-8-7-14(10-16(15)23)27-20(31)25-18(28)17(26-27)19(29)30/h3-8,10H,2,9H2,1H3,(H,29,30)(H,25,28,31). The van der Waals surface area contributed by atoms with E-state index in [1.807, 2.05) is 11.9 Å². The number of benzene rings is 2. The number of nitrogens with one attached hydrogen (secondary N) is 1. The van der Waals surface area contributed by atoms with E-state index >= 15 is 0 Å². The number of halogens is 2. The second kappa shape index (κ2) is 8.76. The molecular formula is C21H16Cl2N4O4. The second-order valence-corrected chi connectivity index (χ2v) is 7.61. The van der Waals surface area contributed by atoms with E-state index in [1.54, 1.807) is 30.3 Å². The van der Waals surface area contributed by atoms with Crippen LogP contribution in [0.15, 0.2) is 52.1 Å². The number of aromatic carboxylic acids is 1.